The molecule has 0 radical (unpaired) electrons. The summed E-state index contributed by atoms with van der Waals surface area (Å²) in [5, 5.41) is 0. The number of amides is 1. The lowest BCUT2D eigenvalue weighted by molar-refractivity contribution is -0.129. The molecular formula is C29H39N9O2. The van der Waals surface area contributed by atoms with E-state index < -0.39 is 0 Å². The molecule has 0 bridgehead atoms. The van der Waals surface area contributed by atoms with Gasteiger partial charge in [-0.3, -0.25) is 4.79 Å². The molecule has 5 rings (SSSR count). The van der Waals surface area contributed by atoms with Crippen LogP contribution in [0.4, 0.5) is 23.4 Å². The average Bonchev–Trinajstić information content (AvgIpc) is 3.42. The first kappa shape index (κ1) is 27.7. The molecule has 2 aliphatic rings. The number of aromatic nitrogens is 4. The molecule has 11 nitrogen and oxygen atoms in total. The van der Waals surface area contributed by atoms with Crippen molar-refractivity contribution in [1.82, 2.24) is 29.7 Å². The number of nitrogens with two attached hydrogens (primary N) is 1. The van der Waals surface area contributed by atoms with Crippen LogP contribution >= 0.6 is 0 Å². The van der Waals surface area contributed by atoms with E-state index in [0.717, 1.165) is 86.1 Å². The number of rotatable bonds is 10. The molecule has 2 aromatic heterocycles. The molecule has 0 spiro atoms. The number of nitrogen functional groups attached to an aromatic ring is 1. The molecule has 2 aliphatic heterocycles. The molecule has 1 fully saturated rings. The molecule has 0 aliphatic carbocycles. The van der Waals surface area contributed by atoms with Gasteiger partial charge in [-0.15, -0.1) is 0 Å². The second-order valence-electron chi connectivity index (χ2n) is 10.2. The first-order valence-corrected chi connectivity index (χ1v) is 14.1. The molecule has 1 saturated heterocycles. The number of hydrogen-bond acceptors (Lipinski definition) is 10. The molecule has 2 N–H and O–H groups in total. The van der Waals surface area contributed by atoms with Crippen LogP contribution in [0.3, 0.4) is 0 Å². The topological polar surface area (TPSA) is 117 Å². The molecular weight excluding hydrogens is 506 g/mol. The number of ether oxygens (including phenoxy) is 1. The zero-order valence-electron chi connectivity index (χ0n) is 23.7. The van der Waals surface area contributed by atoms with Crippen molar-refractivity contribution in [1.29, 1.82) is 0 Å². The highest BCUT2D eigenvalue weighted by molar-refractivity contribution is 5.79. The highest BCUT2D eigenvalue weighted by Crippen LogP contribution is 2.39. The summed E-state index contributed by atoms with van der Waals surface area (Å²) < 4.78 is 5.55. The van der Waals surface area contributed by atoms with Crippen molar-refractivity contribution in [3.63, 3.8) is 0 Å². The summed E-state index contributed by atoms with van der Waals surface area (Å²) in [4.78, 5) is 39.8. The molecule has 1 amide bonds. The highest BCUT2D eigenvalue weighted by atomic mass is 16.5. The Morgan fingerprint density at radius 1 is 1.00 bits per heavy atom. The minimum Gasteiger partial charge on any atom is -0.378 e. The van der Waals surface area contributed by atoms with Crippen LogP contribution in [0.5, 0.6) is 0 Å². The SMILES string of the molecule is CCN(CC)CCN(C)C(=O)Cc1ccc(N2CCc3c(-c4cnc(N)nc4)nc(N4CCOCC4)nc32)cc1. The molecule has 0 saturated carbocycles. The van der Waals surface area contributed by atoms with E-state index in [1.54, 1.807) is 12.4 Å². The number of likely N-dealkylation sites (N-methyl/N-ethyl adjacent to an activating group) is 2. The van der Waals surface area contributed by atoms with E-state index in [0.29, 0.717) is 25.6 Å². The van der Waals surface area contributed by atoms with Crippen molar-refractivity contribution in [2.75, 3.05) is 81.6 Å². The lowest BCUT2D eigenvalue weighted by Crippen LogP contribution is -2.37. The van der Waals surface area contributed by atoms with Crippen LogP contribution in [-0.2, 0) is 22.4 Å². The van der Waals surface area contributed by atoms with Crippen LogP contribution in [0.2, 0.25) is 0 Å². The van der Waals surface area contributed by atoms with Gasteiger partial charge in [-0.2, -0.15) is 4.98 Å². The Hall–Kier alpha value is -3.83. The number of carbonyl (C=O) groups is 1. The Bertz CT molecular complexity index is 1290. The Morgan fingerprint density at radius 3 is 2.38 bits per heavy atom. The quantitative estimate of drug-likeness (QED) is 0.407. The van der Waals surface area contributed by atoms with Gasteiger partial charge in [-0.05, 0) is 37.2 Å². The monoisotopic (exact) mass is 545 g/mol. The number of hydrogen-bond donors (Lipinski definition) is 1. The second kappa shape index (κ2) is 12.6. The van der Waals surface area contributed by atoms with Gasteiger partial charge in [-0.25, -0.2) is 15.0 Å². The standard InChI is InChI=1S/C29H39N9O2/c1-4-36(5-2)13-12-35(3)25(39)18-21-6-8-23(9-7-21)38-11-10-24-26(22-19-31-28(30)32-20-22)33-29(34-27(24)38)37-14-16-40-17-15-37/h6-9,19-20H,4-5,10-18H2,1-3H3,(H2,30,31,32). The highest BCUT2D eigenvalue weighted by Gasteiger charge is 2.29. The van der Waals surface area contributed by atoms with E-state index in [9.17, 15) is 4.79 Å². The van der Waals surface area contributed by atoms with E-state index in [1.807, 2.05) is 24.1 Å². The predicted molar refractivity (Wildman–Crippen MR) is 157 cm³/mol. The lowest BCUT2D eigenvalue weighted by atomic mass is 10.1. The van der Waals surface area contributed by atoms with E-state index in [-0.39, 0.29) is 11.9 Å². The summed E-state index contributed by atoms with van der Waals surface area (Å²) in [6.45, 7) is 11.5. The molecule has 0 atom stereocenters. The van der Waals surface area contributed by atoms with Gasteiger partial charge in [-0.1, -0.05) is 26.0 Å². The van der Waals surface area contributed by atoms with Gasteiger partial charge in [0.25, 0.3) is 0 Å². The lowest BCUT2D eigenvalue weighted by Gasteiger charge is -2.28. The minimum absolute atomic E-state index is 0.129. The van der Waals surface area contributed by atoms with E-state index in [4.69, 9.17) is 20.4 Å². The maximum Gasteiger partial charge on any atom is 0.228 e. The Kier molecular flexibility index (Phi) is 8.71. The first-order chi connectivity index (χ1) is 19.5. The summed E-state index contributed by atoms with van der Waals surface area (Å²) in [6, 6.07) is 8.25. The van der Waals surface area contributed by atoms with Gasteiger partial charge < -0.3 is 30.1 Å². The maximum absolute atomic E-state index is 12.8. The van der Waals surface area contributed by atoms with Crippen LogP contribution in [-0.4, -0.2) is 102 Å². The summed E-state index contributed by atoms with van der Waals surface area (Å²) in [5.41, 5.74) is 10.5. The Balaban J connectivity index is 1.36. The molecule has 1 aromatic carbocycles. The summed E-state index contributed by atoms with van der Waals surface area (Å²) in [7, 11) is 1.89. The molecule has 4 heterocycles. The van der Waals surface area contributed by atoms with Gasteiger partial charge in [0.05, 0.1) is 25.3 Å². The Labute approximate surface area is 236 Å². The van der Waals surface area contributed by atoms with E-state index >= 15 is 0 Å². The smallest absolute Gasteiger partial charge is 0.228 e. The zero-order chi connectivity index (χ0) is 28.1. The van der Waals surface area contributed by atoms with Crippen LogP contribution in [0.15, 0.2) is 36.7 Å². The fourth-order valence-corrected chi connectivity index (χ4v) is 5.16. The molecule has 11 heteroatoms. The van der Waals surface area contributed by atoms with E-state index in [1.165, 1.54) is 0 Å². The van der Waals surface area contributed by atoms with Crippen molar-refractivity contribution in [3.05, 3.63) is 47.8 Å². The minimum atomic E-state index is 0.129. The number of benzene rings is 1. The number of carbonyl (C=O) groups excluding carboxylic acids is 1. The third-order valence-corrected chi connectivity index (χ3v) is 7.73. The molecule has 0 unspecified atom stereocenters. The summed E-state index contributed by atoms with van der Waals surface area (Å²) in [5.74, 6) is 1.93. The number of nitrogens with zero attached hydrogens (tertiary/aromatic N) is 8. The fraction of sp³-hybridized carbons (Fsp3) is 0.483. The third kappa shape index (κ3) is 6.15. The largest absolute Gasteiger partial charge is 0.378 e. The molecule has 212 valence electrons. The molecule has 40 heavy (non-hydrogen) atoms. The zero-order valence-corrected chi connectivity index (χ0v) is 23.7. The van der Waals surface area contributed by atoms with E-state index in [2.05, 4.69) is 50.6 Å². The summed E-state index contributed by atoms with van der Waals surface area (Å²) >= 11 is 0. The van der Waals surface area contributed by atoms with Crippen LogP contribution in [0, 0.1) is 0 Å². The van der Waals surface area contributed by atoms with Crippen LogP contribution in [0.1, 0.15) is 25.0 Å². The van der Waals surface area contributed by atoms with Gasteiger partial charge in [0.1, 0.15) is 5.82 Å². The molecule has 3 aromatic rings. The van der Waals surface area contributed by atoms with Crippen LogP contribution < -0.4 is 15.5 Å². The number of anilines is 4. The second-order valence-corrected chi connectivity index (χ2v) is 10.2. The van der Waals surface area contributed by atoms with Crippen molar-refractivity contribution in [2.24, 2.45) is 0 Å². The normalized spacial score (nSPS) is 15.0. The van der Waals surface area contributed by atoms with Gasteiger partial charge in [0.15, 0.2) is 0 Å². The van der Waals surface area contributed by atoms with Crippen molar-refractivity contribution >= 4 is 29.3 Å². The van der Waals surface area contributed by atoms with Gasteiger partial charge in [0, 0.05) is 69.0 Å². The summed E-state index contributed by atoms with van der Waals surface area (Å²) in [6.07, 6.45) is 4.63. The average molecular weight is 546 g/mol. The van der Waals surface area contributed by atoms with Gasteiger partial charge >= 0.3 is 0 Å². The number of fused-ring (bicyclic) bond motifs is 1. The number of morpholine rings is 1. The van der Waals surface area contributed by atoms with Crippen molar-refractivity contribution < 1.29 is 9.53 Å². The first-order valence-electron chi connectivity index (χ1n) is 14.1. The predicted octanol–water partition coefficient (Wildman–Crippen LogP) is 2.39. The Morgan fingerprint density at radius 2 is 1.70 bits per heavy atom. The third-order valence-electron chi connectivity index (χ3n) is 7.73. The van der Waals surface area contributed by atoms with Crippen molar-refractivity contribution in [2.45, 2.75) is 26.7 Å². The van der Waals surface area contributed by atoms with Gasteiger partial charge in [0.2, 0.25) is 17.8 Å². The maximum atomic E-state index is 12.8. The fourth-order valence-electron chi connectivity index (χ4n) is 5.16. The van der Waals surface area contributed by atoms with Crippen molar-refractivity contribution in [3.8, 4) is 11.3 Å². The van der Waals surface area contributed by atoms with Crippen LogP contribution in [0.25, 0.3) is 11.3 Å².